The van der Waals surface area contributed by atoms with E-state index >= 15 is 0 Å². The van der Waals surface area contributed by atoms with Crippen LogP contribution in [0.15, 0.2) is 18.3 Å². The molecule has 4 nitrogen and oxygen atoms in total. The van der Waals surface area contributed by atoms with Crippen molar-refractivity contribution in [3.05, 3.63) is 29.6 Å². The van der Waals surface area contributed by atoms with Gasteiger partial charge in [-0.05, 0) is 17.5 Å². The Morgan fingerprint density at radius 2 is 2.06 bits per heavy atom. The first-order valence-electron chi connectivity index (χ1n) is 5.51. The van der Waals surface area contributed by atoms with Gasteiger partial charge in [0.25, 0.3) is 0 Å². The van der Waals surface area contributed by atoms with Gasteiger partial charge in [-0.3, -0.25) is 4.98 Å². The SMILES string of the molecule is Cn1c(C(=O)O)c(C(C)(C)C)c2ncccc21. The van der Waals surface area contributed by atoms with Crippen molar-refractivity contribution in [2.75, 3.05) is 0 Å². The lowest BCUT2D eigenvalue weighted by molar-refractivity contribution is 0.0684. The lowest BCUT2D eigenvalue weighted by Gasteiger charge is -2.18. The molecule has 0 aliphatic heterocycles. The highest BCUT2D eigenvalue weighted by Gasteiger charge is 2.29. The molecule has 0 atom stereocenters. The van der Waals surface area contributed by atoms with Crippen LogP contribution in [0.4, 0.5) is 0 Å². The summed E-state index contributed by atoms with van der Waals surface area (Å²) < 4.78 is 1.70. The van der Waals surface area contributed by atoms with Gasteiger partial charge in [-0.15, -0.1) is 0 Å². The van der Waals surface area contributed by atoms with Crippen molar-refractivity contribution in [1.82, 2.24) is 9.55 Å². The maximum absolute atomic E-state index is 11.4. The number of aryl methyl sites for hydroxylation is 1. The number of hydrogen-bond donors (Lipinski definition) is 1. The molecule has 2 rings (SSSR count). The number of aromatic nitrogens is 2. The topological polar surface area (TPSA) is 55.1 Å². The number of pyridine rings is 1. The third-order valence-electron chi connectivity index (χ3n) is 2.91. The maximum atomic E-state index is 11.4. The molecule has 0 unspecified atom stereocenters. The average molecular weight is 232 g/mol. The van der Waals surface area contributed by atoms with E-state index in [1.54, 1.807) is 17.8 Å². The molecule has 2 aromatic rings. The van der Waals surface area contributed by atoms with Gasteiger partial charge in [0, 0.05) is 18.8 Å². The molecule has 0 bridgehead atoms. The van der Waals surface area contributed by atoms with Crippen LogP contribution in [0.3, 0.4) is 0 Å². The van der Waals surface area contributed by atoms with Crippen LogP contribution in [0.5, 0.6) is 0 Å². The summed E-state index contributed by atoms with van der Waals surface area (Å²) in [6.07, 6.45) is 1.70. The van der Waals surface area contributed by atoms with Gasteiger partial charge < -0.3 is 9.67 Å². The summed E-state index contributed by atoms with van der Waals surface area (Å²) in [7, 11) is 1.77. The summed E-state index contributed by atoms with van der Waals surface area (Å²) in [5.74, 6) is -0.907. The molecule has 0 saturated carbocycles. The summed E-state index contributed by atoms with van der Waals surface area (Å²) in [6.45, 7) is 6.01. The summed E-state index contributed by atoms with van der Waals surface area (Å²) in [5.41, 5.74) is 2.51. The minimum Gasteiger partial charge on any atom is -0.477 e. The van der Waals surface area contributed by atoms with Crippen molar-refractivity contribution in [3.8, 4) is 0 Å². The molecular formula is C13H16N2O2. The Labute approximate surface area is 99.9 Å². The summed E-state index contributed by atoms with van der Waals surface area (Å²) in [4.78, 5) is 15.7. The van der Waals surface area contributed by atoms with E-state index in [-0.39, 0.29) is 5.41 Å². The van der Waals surface area contributed by atoms with Crippen LogP contribution >= 0.6 is 0 Å². The van der Waals surface area contributed by atoms with E-state index in [4.69, 9.17) is 0 Å². The van der Waals surface area contributed by atoms with E-state index in [9.17, 15) is 9.90 Å². The third-order valence-corrected chi connectivity index (χ3v) is 2.91. The standard InChI is InChI=1S/C13H16N2O2/c1-13(2,3)9-10-8(6-5-7-14-10)15(4)11(9)12(16)17/h5-7H,1-4H3,(H,16,17). The Morgan fingerprint density at radius 1 is 1.41 bits per heavy atom. The van der Waals surface area contributed by atoms with Gasteiger partial charge in [-0.1, -0.05) is 20.8 Å². The van der Waals surface area contributed by atoms with Crippen molar-refractivity contribution in [2.24, 2.45) is 7.05 Å². The Bertz CT molecular complexity index is 591. The summed E-state index contributed by atoms with van der Waals surface area (Å²) in [5, 5.41) is 9.36. The summed E-state index contributed by atoms with van der Waals surface area (Å²) >= 11 is 0. The normalized spacial score (nSPS) is 12.0. The van der Waals surface area contributed by atoms with Crippen molar-refractivity contribution in [1.29, 1.82) is 0 Å². The Morgan fingerprint density at radius 3 is 2.59 bits per heavy atom. The molecule has 0 amide bonds. The highest BCUT2D eigenvalue weighted by atomic mass is 16.4. The second-order valence-electron chi connectivity index (χ2n) is 5.21. The molecule has 0 radical (unpaired) electrons. The molecule has 0 aromatic carbocycles. The van der Waals surface area contributed by atoms with Crippen LogP contribution in [0, 0.1) is 0 Å². The van der Waals surface area contributed by atoms with Gasteiger partial charge in [0.1, 0.15) is 5.69 Å². The van der Waals surface area contributed by atoms with Gasteiger partial charge in [0.15, 0.2) is 0 Å². The predicted molar refractivity (Wildman–Crippen MR) is 66.4 cm³/mol. The number of rotatable bonds is 1. The lowest BCUT2D eigenvalue weighted by atomic mass is 9.86. The maximum Gasteiger partial charge on any atom is 0.352 e. The zero-order valence-electron chi connectivity index (χ0n) is 10.5. The van der Waals surface area contributed by atoms with E-state index < -0.39 is 5.97 Å². The number of aromatic carboxylic acids is 1. The van der Waals surface area contributed by atoms with E-state index in [2.05, 4.69) is 4.98 Å². The molecule has 0 fully saturated rings. The fourth-order valence-corrected chi connectivity index (χ4v) is 2.22. The Hall–Kier alpha value is -1.84. The molecule has 0 aliphatic carbocycles. The minimum absolute atomic E-state index is 0.248. The molecule has 4 heteroatoms. The number of carbonyl (C=O) groups is 1. The monoisotopic (exact) mass is 232 g/mol. The second kappa shape index (κ2) is 3.58. The molecule has 0 spiro atoms. The van der Waals surface area contributed by atoms with Crippen LogP contribution < -0.4 is 0 Å². The lowest BCUT2D eigenvalue weighted by Crippen LogP contribution is -2.17. The molecule has 2 heterocycles. The highest BCUT2D eigenvalue weighted by Crippen LogP contribution is 2.33. The number of hydrogen-bond acceptors (Lipinski definition) is 2. The van der Waals surface area contributed by atoms with Gasteiger partial charge in [0.2, 0.25) is 0 Å². The minimum atomic E-state index is -0.907. The Kier molecular flexibility index (Phi) is 2.45. The van der Waals surface area contributed by atoms with Crippen molar-refractivity contribution in [3.63, 3.8) is 0 Å². The molecule has 17 heavy (non-hydrogen) atoms. The fourth-order valence-electron chi connectivity index (χ4n) is 2.22. The first-order chi connectivity index (χ1) is 7.84. The first-order valence-corrected chi connectivity index (χ1v) is 5.51. The first kappa shape index (κ1) is 11.6. The predicted octanol–water partition coefficient (Wildman–Crippen LogP) is 2.57. The zero-order valence-corrected chi connectivity index (χ0v) is 10.5. The second-order valence-corrected chi connectivity index (χ2v) is 5.21. The molecule has 2 aromatic heterocycles. The van der Waals surface area contributed by atoms with Gasteiger partial charge in [0.05, 0.1) is 11.0 Å². The van der Waals surface area contributed by atoms with E-state index in [1.165, 1.54) is 0 Å². The number of carboxylic acid groups (broad SMARTS) is 1. The van der Waals surface area contributed by atoms with Crippen LogP contribution in [-0.4, -0.2) is 20.6 Å². The molecule has 0 saturated heterocycles. The average Bonchev–Trinajstić information content (AvgIpc) is 2.52. The number of nitrogens with zero attached hydrogens (tertiary/aromatic N) is 2. The third kappa shape index (κ3) is 1.69. The van der Waals surface area contributed by atoms with Gasteiger partial charge >= 0.3 is 5.97 Å². The van der Waals surface area contributed by atoms with Crippen molar-refractivity contribution in [2.45, 2.75) is 26.2 Å². The Balaban J connectivity index is 2.96. The fraction of sp³-hybridized carbons (Fsp3) is 0.385. The van der Waals surface area contributed by atoms with E-state index in [1.807, 2.05) is 32.9 Å². The van der Waals surface area contributed by atoms with Gasteiger partial charge in [-0.2, -0.15) is 0 Å². The molecule has 1 N–H and O–H groups in total. The van der Waals surface area contributed by atoms with E-state index in [0.29, 0.717) is 5.69 Å². The quantitative estimate of drug-likeness (QED) is 0.822. The summed E-state index contributed by atoms with van der Waals surface area (Å²) in [6, 6.07) is 3.71. The highest BCUT2D eigenvalue weighted by molar-refractivity contribution is 5.97. The number of carboxylic acids is 1. The molecule has 90 valence electrons. The van der Waals surface area contributed by atoms with Gasteiger partial charge in [-0.25, -0.2) is 4.79 Å². The largest absolute Gasteiger partial charge is 0.477 e. The number of fused-ring (bicyclic) bond motifs is 1. The smallest absolute Gasteiger partial charge is 0.352 e. The van der Waals surface area contributed by atoms with Crippen LogP contribution in [0.1, 0.15) is 36.8 Å². The van der Waals surface area contributed by atoms with E-state index in [0.717, 1.165) is 16.6 Å². The molecular weight excluding hydrogens is 216 g/mol. The van der Waals surface area contributed by atoms with Crippen LogP contribution in [0.2, 0.25) is 0 Å². The molecule has 0 aliphatic rings. The van der Waals surface area contributed by atoms with Crippen LogP contribution in [-0.2, 0) is 12.5 Å². The van der Waals surface area contributed by atoms with Crippen molar-refractivity contribution >= 4 is 17.0 Å². The zero-order chi connectivity index (χ0) is 12.8. The van der Waals surface area contributed by atoms with Crippen molar-refractivity contribution < 1.29 is 9.90 Å². The van der Waals surface area contributed by atoms with Crippen LogP contribution in [0.25, 0.3) is 11.0 Å².